The molecule has 6 aromatic heterocycles. The number of aryl methyl sites for hydroxylation is 5. The van der Waals surface area contributed by atoms with Crippen LogP contribution in [0.2, 0.25) is 0 Å². The molecule has 0 bridgehead atoms. The van der Waals surface area contributed by atoms with Crippen LogP contribution < -0.4 is 61.6 Å². The first kappa shape index (κ1) is 47.2. The Hall–Kier alpha value is -8.20. The molecule has 0 radical (unpaired) electrons. The van der Waals surface area contributed by atoms with Gasteiger partial charge in [-0.15, -0.1) is 0 Å². The van der Waals surface area contributed by atoms with Gasteiger partial charge in [0.2, 0.25) is 5.95 Å². The van der Waals surface area contributed by atoms with Gasteiger partial charge in [-0.05, 0) is 25.5 Å². The number of anilines is 2. The lowest BCUT2D eigenvalue weighted by Gasteiger charge is -2.25. The fraction of sp³-hybridized carbons (Fsp3) is 0.294. The molecule has 6 aromatic rings. The third-order valence-corrected chi connectivity index (χ3v) is 8.02. The molecule has 27 heteroatoms. The Balaban J connectivity index is 0.000000196. The summed E-state index contributed by atoms with van der Waals surface area (Å²) in [6, 6.07) is 0.976. The van der Waals surface area contributed by atoms with E-state index >= 15 is 0 Å². The minimum absolute atomic E-state index is 0.108. The zero-order valence-electron chi connectivity index (χ0n) is 34.4. The van der Waals surface area contributed by atoms with Gasteiger partial charge in [0.25, 0.3) is 16.7 Å². The molecule has 4 amide bonds. The highest BCUT2D eigenvalue weighted by atomic mass is 16.2. The van der Waals surface area contributed by atoms with Gasteiger partial charge in [-0.25, -0.2) is 39.1 Å². The number of imidazole rings is 2. The maximum absolute atomic E-state index is 11.2. The number of carbonyl (C=O) groups is 2. The lowest BCUT2D eigenvalue weighted by atomic mass is 10.2. The summed E-state index contributed by atoms with van der Waals surface area (Å²) >= 11 is 0. The number of nitrogens with two attached hydrogens (primary N) is 4. The Morgan fingerprint density at radius 2 is 1.26 bits per heavy atom. The first-order valence-corrected chi connectivity index (χ1v) is 17.6. The number of fused-ring (bicyclic) bond motifs is 2. The third-order valence-electron chi connectivity index (χ3n) is 8.02. The molecule has 61 heavy (non-hydrogen) atoms. The SMILES string of the molecule is CC1=CN(C)C(=O)NC1N.CN1C=CC(N)NC1=O.Cc1cn(C)c(=O)[nH]c1=O.Cn1ccc(=O)[nH]c1=O.Cn1cnc2c(=O)[nH]c(N)nc21.Cn1cnc2c(N)ncnc21. The van der Waals surface area contributed by atoms with Gasteiger partial charge < -0.3 is 61.6 Å². The standard InChI is InChI=1S/C6H7N5O.C6H7N5.C6H11N3O.C6H8N2O2.C5H9N3O.C5H6N2O2/c1-11-2-8-3-4(11)9-6(7)10-5(3)12;1-11-3-10-4-5(7)8-2-9-6(4)11;1-4-3-9(2)6(10)8-5(4)7;1-4-3-8(2)6(10)7-5(4)9;1-8-3-2-4(6)7-5(8)9;1-7-3-2-4(8)6-5(7)9/h2H,1H3,(H3,7,9,10,12);2-3H,1H3,(H2,7,8,9);3,5H,7H2,1-2H3,(H,8,10);3H,1-2H3,(H,7,9,10);2-4H,6H2,1H3,(H,7,9);2-3H,1H3,(H,6,8,9). The molecular weight excluding hydrogens is 801 g/mol. The van der Waals surface area contributed by atoms with Gasteiger partial charge in [-0.2, -0.15) is 4.98 Å². The normalized spacial score (nSPS) is 15.1. The van der Waals surface area contributed by atoms with E-state index in [0.29, 0.717) is 28.1 Å². The molecule has 0 spiro atoms. The minimum atomic E-state index is -0.387. The maximum atomic E-state index is 11.2. The molecule has 0 aromatic carbocycles. The molecule has 0 fully saturated rings. The number of nitrogens with one attached hydrogen (secondary N) is 5. The van der Waals surface area contributed by atoms with E-state index in [9.17, 15) is 33.6 Å². The van der Waals surface area contributed by atoms with Crippen molar-refractivity contribution in [3.63, 3.8) is 0 Å². The highest BCUT2D eigenvalue weighted by Gasteiger charge is 2.17. The second-order valence-electron chi connectivity index (χ2n) is 13.0. The van der Waals surface area contributed by atoms with Crippen molar-refractivity contribution < 1.29 is 9.59 Å². The van der Waals surface area contributed by atoms with Crippen LogP contribution in [0.1, 0.15) is 12.5 Å². The fourth-order valence-electron chi connectivity index (χ4n) is 4.55. The number of rotatable bonds is 0. The van der Waals surface area contributed by atoms with Crippen molar-refractivity contribution in [1.29, 1.82) is 0 Å². The summed E-state index contributed by atoms with van der Waals surface area (Å²) in [5, 5.41) is 5.08. The average molecular weight is 849 g/mol. The number of hydrogen-bond donors (Lipinski definition) is 9. The number of nitrogen functional groups attached to an aromatic ring is 2. The van der Waals surface area contributed by atoms with Crippen LogP contribution in [-0.4, -0.2) is 106 Å². The number of H-pyrrole nitrogens is 3. The van der Waals surface area contributed by atoms with Gasteiger partial charge in [0.1, 0.15) is 18.0 Å². The molecule has 0 saturated heterocycles. The highest BCUT2D eigenvalue weighted by molar-refractivity contribution is 5.81. The number of amides is 4. The first-order chi connectivity index (χ1) is 28.6. The van der Waals surface area contributed by atoms with Crippen molar-refractivity contribution in [3.05, 3.63) is 119 Å². The van der Waals surface area contributed by atoms with Gasteiger partial charge in [-0.1, -0.05) is 0 Å². The second kappa shape index (κ2) is 21.0. The molecule has 8 heterocycles. The predicted molar refractivity (Wildman–Crippen MR) is 225 cm³/mol. The summed E-state index contributed by atoms with van der Waals surface area (Å²) in [6.45, 7) is 3.53. The summed E-state index contributed by atoms with van der Waals surface area (Å²) in [5.74, 6) is 0.534. The second-order valence-corrected chi connectivity index (χ2v) is 13.0. The average Bonchev–Trinajstić information content (AvgIpc) is 3.77. The molecule has 13 N–H and O–H groups in total. The monoisotopic (exact) mass is 848 g/mol. The van der Waals surface area contributed by atoms with Crippen LogP contribution in [-0.2, 0) is 28.2 Å². The highest BCUT2D eigenvalue weighted by Crippen LogP contribution is 2.12. The van der Waals surface area contributed by atoms with Crippen LogP contribution in [0.25, 0.3) is 22.3 Å². The van der Waals surface area contributed by atoms with Crippen LogP contribution in [0.15, 0.2) is 85.5 Å². The van der Waals surface area contributed by atoms with E-state index < -0.39 is 0 Å². The Bertz CT molecular complexity index is 2810. The molecule has 0 aliphatic carbocycles. The molecule has 2 atom stereocenters. The first-order valence-electron chi connectivity index (χ1n) is 17.6. The maximum Gasteiger partial charge on any atom is 0.328 e. The minimum Gasteiger partial charge on any atom is -0.382 e. The topological polar surface area (TPSA) is 386 Å². The molecule has 27 nitrogen and oxygen atoms in total. The van der Waals surface area contributed by atoms with Gasteiger partial charge in [-0.3, -0.25) is 29.3 Å². The van der Waals surface area contributed by atoms with E-state index in [2.05, 4.69) is 50.5 Å². The number of urea groups is 2. The molecule has 8 rings (SSSR count). The van der Waals surface area contributed by atoms with Gasteiger partial charge in [0.15, 0.2) is 22.6 Å². The zero-order chi connectivity index (χ0) is 45.7. The van der Waals surface area contributed by atoms with E-state index in [0.717, 1.165) is 11.2 Å². The molecule has 2 aliphatic heterocycles. The Morgan fingerprint density at radius 1 is 0.656 bits per heavy atom. The van der Waals surface area contributed by atoms with Crippen molar-refractivity contribution in [2.45, 2.75) is 26.2 Å². The molecule has 326 valence electrons. The van der Waals surface area contributed by atoms with Crippen LogP contribution in [0.4, 0.5) is 21.4 Å². The van der Waals surface area contributed by atoms with Crippen LogP contribution in [0.5, 0.6) is 0 Å². The van der Waals surface area contributed by atoms with Gasteiger partial charge in [0, 0.05) is 78.7 Å². The zero-order valence-corrected chi connectivity index (χ0v) is 34.4. The summed E-state index contributed by atoms with van der Waals surface area (Å²) in [5.41, 5.74) is 23.7. The summed E-state index contributed by atoms with van der Waals surface area (Å²) in [4.78, 5) is 104. The van der Waals surface area contributed by atoms with E-state index in [4.69, 9.17) is 22.9 Å². The van der Waals surface area contributed by atoms with E-state index in [1.807, 2.05) is 14.0 Å². The number of aromatic amines is 3. The largest absolute Gasteiger partial charge is 0.382 e. The number of aromatic nitrogens is 12. The van der Waals surface area contributed by atoms with Crippen molar-refractivity contribution in [2.75, 3.05) is 25.6 Å². The van der Waals surface area contributed by atoms with Crippen LogP contribution >= 0.6 is 0 Å². The van der Waals surface area contributed by atoms with E-state index in [1.54, 1.807) is 76.1 Å². The number of hydrogen-bond acceptors (Lipinski definition) is 16. The van der Waals surface area contributed by atoms with Crippen molar-refractivity contribution in [1.82, 2.24) is 78.6 Å². The van der Waals surface area contributed by atoms with Crippen LogP contribution in [0, 0.1) is 6.92 Å². The van der Waals surface area contributed by atoms with Gasteiger partial charge >= 0.3 is 23.4 Å². The smallest absolute Gasteiger partial charge is 0.328 e. The van der Waals surface area contributed by atoms with Crippen molar-refractivity contribution in [3.8, 4) is 0 Å². The Morgan fingerprint density at radius 3 is 1.82 bits per heavy atom. The summed E-state index contributed by atoms with van der Waals surface area (Å²) < 4.78 is 6.06. The van der Waals surface area contributed by atoms with E-state index in [1.165, 1.54) is 50.0 Å². The lowest BCUT2D eigenvalue weighted by Crippen LogP contribution is -2.50. The number of carbonyl (C=O) groups excluding carboxylic acids is 2. The van der Waals surface area contributed by atoms with E-state index in [-0.39, 0.29) is 58.4 Å². The number of nitrogens with zero attached hydrogens (tertiary/aromatic N) is 11. The van der Waals surface area contributed by atoms with Gasteiger partial charge in [0.05, 0.1) is 18.8 Å². The summed E-state index contributed by atoms with van der Waals surface area (Å²) in [6.07, 6.45) is 12.0. The molecule has 2 aliphatic rings. The molecule has 2 unspecified atom stereocenters. The van der Waals surface area contributed by atoms with Crippen LogP contribution in [0.3, 0.4) is 0 Å². The fourth-order valence-corrected chi connectivity index (χ4v) is 4.55. The molecular formula is C34H48N20O7. The quantitative estimate of drug-likeness (QED) is 0.0731. The molecule has 0 saturated carbocycles. The summed E-state index contributed by atoms with van der Waals surface area (Å²) in [7, 11) is 10.1. The van der Waals surface area contributed by atoms with Crippen molar-refractivity contribution >= 4 is 46.2 Å². The Kier molecular flexibility index (Phi) is 16.2. The lowest BCUT2D eigenvalue weighted by molar-refractivity contribution is 0.215. The third kappa shape index (κ3) is 13.4. The predicted octanol–water partition coefficient (Wildman–Crippen LogP) is -3.09. The van der Waals surface area contributed by atoms with Crippen molar-refractivity contribution in [2.24, 2.45) is 39.7 Å². The Labute approximate surface area is 344 Å².